The number of esters is 1. The highest BCUT2D eigenvalue weighted by Crippen LogP contribution is 2.23. The zero-order valence-electron chi connectivity index (χ0n) is 14.0. The average molecular weight is 343 g/mol. The molecule has 26 heavy (non-hydrogen) atoms. The lowest BCUT2D eigenvalue weighted by atomic mass is 10.0. The van der Waals surface area contributed by atoms with Gasteiger partial charge in [-0.25, -0.2) is 4.79 Å². The van der Waals surface area contributed by atoms with Crippen LogP contribution in [0.5, 0.6) is 0 Å². The van der Waals surface area contributed by atoms with E-state index >= 15 is 0 Å². The van der Waals surface area contributed by atoms with Gasteiger partial charge in [0.1, 0.15) is 6.61 Å². The van der Waals surface area contributed by atoms with Crippen molar-refractivity contribution in [3.8, 4) is 17.2 Å². The van der Waals surface area contributed by atoms with E-state index in [0.717, 1.165) is 16.7 Å². The maximum absolute atomic E-state index is 12.0. The first kappa shape index (κ1) is 17.4. The molecule has 0 saturated heterocycles. The number of nitrogens with zero attached hydrogens (tertiary/aromatic N) is 1. The lowest BCUT2D eigenvalue weighted by Crippen LogP contribution is -2.15. The highest BCUT2D eigenvalue weighted by Gasteiger charge is 2.19. The number of benzene rings is 3. The summed E-state index contributed by atoms with van der Waals surface area (Å²) in [7, 11) is 0. The van der Waals surface area contributed by atoms with Crippen LogP contribution in [-0.2, 0) is 16.1 Å². The van der Waals surface area contributed by atoms with Crippen molar-refractivity contribution in [2.24, 2.45) is 0 Å². The summed E-state index contributed by atoms with van der Waals surface area (Å²) in [4.78, 5) is 12.0. The molecule has 0 fully saturated rings. The van der Waals surface area contributed by atoms with E-state index in [1.54, 1.807) is 24.3 Å². The van der Waals surface area contributed by atoms with Gasteiger partial charge < -0.3 is 9.84 Å². The molecule has 3 rings (SSSR count). The van der Waals surface area contributed by atoms with Crippen LogP contribution < -0.4 is 0 Å². The van der Waals surface area contributed by atoms with E-state index in [4.69, 9.17) is 10.00 Å². The molecule has 4 heteroatoms. The molecule has 0 aliphatic rings. The third kappa shape index (κ3) is 4.15. The highest BCUT2D eigenvalue weighted by atomic mass is 16.5. The Kier molecular flexibility index (Phi) is 5.43. The summed E-state index contributed by atoms with van der Waals surface area (Å²) in [5.74, 6) is -0.681. The normalized spacial score (nSPS) is 11.4. The SMILES string of the molecule is N#Cc1ccc(-c2ccc(C(O)C(=O)OCc3ccccc3)cc2)cc1. The zero-order valence-corrected chi connectivity index (χ0v) is 14.0. The number of hydrogen-bond donors (Lipinski definition) is 1. The van der Waals surface area contributed by atoms with E-state index < -0.39 is 12.1 Å². The summed E-state index contributed by atoms with van der Waals surface area (Å²) in [6.45, 7) is 0.125. The molecule has 0 saturated carbocycles. The minimum absolute atomic E-state index is 0.125. The molecule has 1 atom stereocenters. The number of rotatable bonds is 5. The minimum atomic E-state index is -1.33. The highest BCUT2D eigenvalue weighted by molar-refractivity contribution is 5.76. The number of nitriles is 1. The van der Waals surface area contributed by atoms with Crippen LogP contribution in [0, 0.1) is 11.3 Å². The molecule has 3 aromatic rings. The molecule has 3 aromatic carbocycles. The van der Waals surface area contributed by atoms with E-state index in [2.05, 4.69) is 6.07 Å². The second-order valence-electron chi connectivity index (χ2n) is 5.81. The number of aliphatic hydroxyl groups is 1. The molecule has 0 heterocycles. The Morgan fingerprint density at radius 3 is 2.08 bits per heavy atom. The third-order valence-corrected chi connectivity index (χ3v) is 4.02. The van der Waals surface area contributed by atoms with E-state index in [9.17, 15) is 9.90 Å². The fourth-order valence-electron chi connectivity index (χ4n) is 2.54. The van der Waals surface area contributed by atoms with E-state index in [0.29, 0.717) is 11.1 Å². The van der Waals surface area contributed by atoms with Gasteiger partial charge in [0.15, 0.2) is 6.10 Å². The summed E-state index contributed by atoms with van der Waals surface area (Å²) in [6.07, 6.45) is -1.33. The molecule has 0 spiro atoms. The van der Waals surface area contributed by atoms with Crippen LogP contribution in [0.25, 0.3) is 11.1 Å². The fourth-order valence-corrected chi connectivity index (χ4v) is 2.54. The van der Waals surface area contributed by atoms with Crippen LogP contribution in [0.3, 0.4) is 0 Å². The lowest BCUT2D eigenvalue weighted by Gasteiger charge is -2.12. The molecule has 0 amide bonds. The number of carbonyl (C=O) groups is 1. The lowest BCUT2D eigenvalue weighted by molar-refractivity contribution is -0.155. The zero-order chi connectivity index (χ0) is 18.4. The predicted octanol–water partition coefficient (Wildman–Crippen LogP) is 4.00. The summed E-state index contributed by atoms with van der Waals surface area (Å²) in [6, 6.07) is 25.7. The molecule has 0 aliphatic heterocycles. The van der Waals surface area contributed by atoms with Gasteiger partial charge in [-0.3, -0.25) is 0 Å². The van der Waals surface area contributed by atoms with Crippen LogP contribution in [0.2, 0.25) is 0 Å². The molecule has 0 aliphatic carbocycles. The predicted molar refractivity (Wildman–Crippen MR) is 97.8 cm³/mol. The summed E-state index contributed by atoms with van der Waals surface area (Å²) < 4.78 is 5.17. The number of ether oxygens (including phenoxy) is 1. The Bertz CT molecular complexity index is 910. The van der Waals surface area contributed by atoms with Crippen LogP contribution in [0.15, 0.2) is 78.9 Å². The van der Waals surface area contributed by atoms with Crippen molar-refractivity contribution in [3.05, 3.63) is 95.6 Å². The smallest absolute Gasteiger partial charge is 0.339 e. The average Bonchev–Trinajstić information content (AvgIpc) is 2.72. The Morgan fingerprint density at radius 1 is 0.923 bits per heavy atom. The minimum Gasteiger partial charge on any atom is -0.459 e. The molecule has 1 N–H and O–H groups in total. The van der Waals surface area contributed by atoms with Crippen LogP contribution in [0.4, 0.5) is 0 Å². The Balaban J connectivity index is 1.65. The largest absolute Gasteiger partial charge is 0.459 e. The van der Waals surface area contributed by atoms with Gasteiger partial charge in [-0.2, -0.15) is 5.26 Å². The fraction of sp³-hybridized carbons (Fsp3) is 0.0909. The molecular formula is C22H17NO3. The summed E-state index contributed by atoms with van der Waals surface area (Å²) >= 11 is 0. The first-order valence-corrected chi connectivity index (χ1v) is 8.16. The molecule has 1 unspecified atom stereocenters. The molecular weight excluding hydrogens is 326 g/mol. The Labute approximate surface area is 151 Å². The van der Waals surface area contributed by atoms with Crippen molar-refractivity contribution in [2.75, 3.05) is 0 Å². The molecule has 4 nitrogen and oxygen atoms in total. The molecule has 0 radical (unpaired) electrons. The topological polar surface area (TPSA) is 70.3 Å². The Morgan fingerprint density at radius 2 is 1.50 bits per heavy atom. The van der Waals surface area contributed by atoms with Gasteiger partial charge in [0.2, 0.25) is 0 Å². The monoisotopic (exact) mass is 343 g/mol. The van der Waals surface area contributed by atoms with E-state index in [1.165, 1.54) is 0 Å². The third-order valence-electron chi connectivity index (χ3n) is 4.02. The van der Waals surface area contributed by atoms with Gasteiger partial charge in [-0.15, -0.1) is 0 Å². The number of carbonyl (C=O) groups excluding carboxylic acids is 1. The van der Waals surface area contributed by atoms with Crippen LogP contribution in [-0.4, -0.2) is 11.1 Å². The van der Waals surface area contributed by atoms with Crippen LogP contribution in [0.1, 0.15) is 22.8 Å². The standard InChI is InChI=1S/C22H17NO3/c23-14-16-6-8-18(9-7-16)19-10-12-20(13-11-19)21(24)22(25)26-15-17-4-2-1-3-5-17/h1-13,21,24H,15H2. The van der Waals surface area contributed by atoms with Crippen molar-refractivity contribution in [1.29, 1.82) is 5.26 Å². The van der Waals surface area contributed by atoms with Crippen molar-refractivity contribution >= 4 is 5.97 Å². The van der Waals surface area contributed by atoms with Crippen molar-refractivity contribution in [1.82, 2.24) is 0 Å². The quantitative estimate of drug-likeness (QED) is 0.711. The number of hydrogen-bond acceptors (Lipinski definition) is 4. The Hall–Kier alpha value is -3.42. The van der Waals surface area contributed by atoms with Gasteiger partial charge in [0.25, 0.3) is 0 Å². The van der Waals surface area contributed by atoms with E-state index in [1.807, 2.05) is 54.6 Å². The first-order chi connectivity index (χ1) is 12.7. The summed E-state index contributed by atoms with van der Waals surface area (Å²) in [5.41, 5.74) is 3.83. The molecule has 0 bridgehead atoms. The van der Waals surface area contributed by atoms with Crippen LogP contribution >= 0.6 is 0 Å². The van der Waals surface area contributed by atoms with Crippen molar-refractivity contribution in [2.45, 2.75) is 12.7 Å². The van der Waals surface area contributed by atoms with E-state index in [-0.39, 0.29) is 6.61 Å². The number of aliphatic hydroxyl groups excluding tert-OH is 1. The van der Waals surface area contributed by atoms with Gasteiger partial charge in [-0.05, 0) is 34.4 Å². The van der Waals surface area contributed by atoms with Crippen molar-refractivity contribution in [3.63, 3.8) is 0 Å². The maximum atomic E-state index is 12.0. The van der Waals surface area contributed by atoms with Gasteiger partial charge in [0.05, 0.1) is 11.6 Å². The molecule has 128 valence electrons. The molecule has 0 aromatic heterocycles. The second-order valence-corrected chi connectivity index (χ2v) is 5.81. The summed E-state index contributed by atoms with van der Waals surface area (Å²) in [5, 5.41) is 19.0. The van der Waals surface area contributed by atoms with Gasteiger partial charge >= 0.3 is 5.97 Å². The van der Waals surface area contributed by atoms with Gasteiger partial charge in [-0.1, -0.05) is 66.7 Å². The second kappa shape index (κ2) is 8.11. The first-order valence-electron chi connectivity index (χ1n) is 8.16. The van der Waals surface area contributed by atoms with Crippen molar-refractivity contribution < 1.29 is 14.6 Å². The maximum Gasteiger partial charge on any atom is 0.339 e. The van der Waals surface area contributed by atoms with Gasteiger partial charge in [0, 0.05) is 0 Å².